The highest BCUT2D eigenvalue weighted by atomic mass is 19.4. The van der Waals surface area contributed by atoms with Crippen LogP contribution in [0.4, 0.5) is 18.0 Å². The van der Waals surface area contributed by atoms with Gasteiger partial charge in [-0.1, -0.05) is 6.92 Å². The molecule has 124 valence electrons. The zero-order valence-corrected chi connectivity index (χ0v) is 12.5. The van der Waals surface area contributed by atoms with Gasteiger partial charge in [0.05, 0.1) is 0 Å². The van der Waals surface area contributed by atoms with E-state index in [1.165, 1.54) is 5.32 Å². The van der Waals surface area contributed by atoms with E-state index in [-0.39, 0.29) is 12.6 Å². The molecule has 0 spiro atoms. The Kier molecular flexibility index (Phi) is 6.95. The second-order valence-corrected chi connectivity index (χ2v) is 5.05. The van der Waals surface area contributed by atoms with Gasteiger partial charge in [0.1, 0.15) is 0 Å². The number of halogens is 3. The molecular weight excluding hydrogens is 291 g/mol. The third-order valence-corrected chi connectivity index (χ3v) is 3.45. The van der Waals surface area contributed by atoms with E-state index in [1.807, 2.05) is 25.8 Å². The molecule has 0 radical (unpaired) electrons. The largest absolute Gasteiger partial charge is 0.479 e. The van der Waals surface area contributed by atoms with Crippen molar-refractivity contribution in [3.8, 4) is 0 Å². The molecule has 21 heavy (non-hydrogen) atoms. The summed E-state index contributed by atoms with van der Waals surface area (Å²) < 4.78 is 38.1. The first-order valence-electron chi connectivity index (χ1n) is 6.52. The van der Waals surface area contributed by atoms with Crippen molar-refractivity contribution in [2.75, 3.05) is 20.1 Å². The SMILES string of the molecule is CCC(C)N(C)CCNC(=O)NC(C)(C(=O)O)C(F)(F)F. The first-order valence-corrected chi connectivity index (χ1v) is 6.52. The van der Waals surface area contributed by atoms with Crippen LogP contribution in [0.5, 0.6) is 0 Å². The molecule has 0 bridgehead atoms. The quantitative estimate of drug-likeness (QED) is 0.664. The summed E-state index contributed by atoms with van der Waals surface area (Å²) in [6.07, 6.45) is -4.20. The number of carbonyl (C=O) groups is 2. The van der Waals surface area contributed by atoms with Crippen LogP contribution in [0.15, 0.2) is 0 Å². The minimum Gasteiger partial charge on any atom is -0.479 e. The Balaban J connectivity index is 4.46. The van der Waals surface area contributed by atoms with E-state index >= 15 is 0 Å². The van der Waals surface area contributed by atoms with Gasteiger partial charge in [-0.3, -0.25) is 0 Å². The van der Waals surface area contributed by atoms with E-state index < -0.39 is 23.7 Å². The van der Waals surface area contributed by atoms with Crippen LogP contribution in [0.1, 0.15) is 27.2 Å². The lowest BCUT2D eigenvalue weighted by Gasteiger charge is -2.29. The maximum atomic E-state index is 12.7. The molecular formula is C12H22F3N3O3. The number of nitrogens with zero attached hydrogens (tertiary/aromatic N) is 1. The topological polar surface area (TPSA) is 81.7 Å². The Morgan fingerprint density at radius 1 is 1.33 bits per heavy atom. The van der Waals surface area contributed by atoms with E-state index in [0.29, 0.717) is 13.5 Å². The maximum absolute atomic E-state index is 12.7. The molecule has 0 rings (SSSR count). The smallest absolute Gasteiger partial charge is 0.422 e. The second kappa shape index (κ2) is 7.48. The van der Waals surface area contributed by atoms with Crippen LogP contribution in [-0.4, -0.2) is 59.9 Å². The molecule has 0 aliphatic heterocycles. The summed E-state index contributed by atoms with van der Waals surface area (Å²) in [6, 6.07) is -0.899. The number of carboxylic acid groups (broad SMARTS) is 1. The zero-order valence-electron chi connectivity index (χ0n) is 12.5. The van der Waals surface area contributed by atoms with E-state index in [4.69, 9.17) is 5.11 Å². The lowest BCUT2D eigenvalue weighted by atomic mass is 10.0. The summed E-state index contributed by atoms with van der Waals surface area (Å²) in [5.74, 6) is -2.16. The average molecular weight is 313 g/mol. The first-order chi connectivity index (χ1) is 9.45. The molecule has 2 amide bonds. The number of rotatable bonds is 7. The number of carboxylic acids is 1. The minimum atomic E-state index is -5.09. The predicted octanol–water partition coefficient (Wildman–Crippen LogP) is 1.42. The Hall–Kier alpha value is -1.51. The first kappa shape index (κ1) is 19.5. The fourth-order valence-electron chi connectivity index (χ4n) is 1.39. The molecule has 0 aromatic carbocycles. The highest BCUT2D eigenvalue weighted by Crippen LogP contribution is 2.30. The molecule has 0 fully saturated rings. The number of hydrogen-bond donors (Lipinski definition) is 3. The number of aliphatic carboxylic acids is 1. The van der Waals surface area contributed by atoms with Crippen molar-refractivity contribution in [3.05, 3.63) is 0 Å². The van der Waals surface area contributed by atoms with Gasteiger partial charge in [0.15, 0.2) is 0 Å². The average Bonchev–Trinajstić information content (AvgIpc) is 2.35. The molecule has 0 aliphatic carbocycles. The molecule has 0 saturated carbocycles. The lowest BCUT2D eigenvalue weighted by Crippen LogP contribution is -2.63. The highest BCUT2D eigenvalue weighted by molar-refractivity contribution is 5.86. The second-order valence-electron chi connectivity index (χ2n) is 5.05. The van der Waals surface area contributed by atoms with Crippen LogP contribution >= 0.6 is 0 Å². The van der Waals surface area contributed by atoms with Gasteiger partial charge in [-0.15, -0.1) is 0 Å². The summed E-state index contributed by atoms with van der Waals surface area (Å²) in [5.41, 5.74) is -3.32. The molecule has 0 aromatic rings. The zero-order chi connectivity index (χ0) is 16.8. The van der Waals surface area contributed by atoms with Crippen molar-refractivity contribution in [1.82, 2.24) is 15.5 Å². The Labute approximate surface area is 121 Å². The Morgan fingerprint density at radius 2 is 1.86 bits per heavy atom. The van der Waals surface area contributed by atoms with Crippen molar-refractivity contribution in [2.45, 2.75) is 44.9 Å². The van der Waals surface area contributed by atoms with Gasteiger partial charge < -0.3 is 20.6 Å². The number of carbonyl (C=O) groups excluding carboxylic acids is 1. The standard InChI is InChI=1S/C12H22F3N3O3/c1-5-8(2)18(4)7-6-16-10(21)17-11(3,9(19)20)12(13,14)15/h8H,5-7H2,1-4H3,(H,19,20)(H2,16,17,21). The number of likely N-dealkylation sites (N-methyl/N-ethyl adjacent to an activating group) is 1. The number of amides is 2. The third-order valence-electron chi connectivity index (χ3n) is 3.45. The van der Waals surface area contributed by atoms with Crippen LogP contribution < -0.4 is 10.6 Å². The van der Waals surface area contributed by atoms with E-state index in [0.717, 1.165) is 6.42 Å². The van der Waals surface area contributed by atoms with Crippen LogP contribution in [0.3, 0.4) is 0 Å². The van der Waals surface area contributed by atoms with Crippen molar-refractivity contribution < 1.29 is 27.9 Å². The van der Waals surface area contributed by atoms with Crippen LogP contribution in [-0.2, 0) is 4.79 Å². The Bertz CT molecular complexity index is 376. The predicted molar refractivity (Wildman–Crippen MR) is 71.0 cm³/mol. The molecule has 0 saturated heterocycles. The van der Waals surface area contributed by atoms with Crippen molar-refractivity contribution >= 4 is 12.0 Å². The van der Waals surface area contributed by atoms with Gasteiger partial charge >= 0.3 is 18.2 Å². The fraction of sp³-hybridized carbons (Fsp3) is 0.833. The third kappa shape index (κ3) is 5.41. The van der Waals surface area contributed by atoms with Gasteiger partial charge in [0.2, 0.25) is 5.54 Å². The Morgan fingerprint density at radius 3 is 2.24 bits per heavy atom. The summed E-state index contributed by atoms with van der Waals surface area (Å²) in [7, 11) is 1.82. The maximum Gasteiger partial charge on any atom is 0.422 e. The van der Waals surface area contributed by atoms with E-state index in [9.17, 15) is 22.8 Å². The van der Waals surface area contributed by atoms with Crippen LogP contribution in [0.2, 0.25) is 0 Å². The van der Waals surface area contributed by atoms with Gasteiger partial charge in [0, 0.05) is 19.1 Å². The van der Waals surface area contributed by atoms with Gasteiger partial charge in [-0.25, -0.2) is 9.59 Å². The molecule has 3 N–H and O–H groups in total. The lowest BCUT2D eigenvalue weighted by molar-refractivity contribution is -0.203. The highest BCUT2D eigenvalue weighted by Gasteiger charge is 2.58. The molecule has 0 aliphatic rings. The van der Waals surface area contributed by atoms with Crippen LogP contribution in [0.25, 0.3) is 0 Å². The molecule has 0 aromatic heterocycles. The van der Waals surface area contributed by atoms with Crippen LogP contribution in [0, 0.1) is 0 Å². The van der Waals surface area contributed by atoms with Gasteiger partial charge in [-0.2, -0.15) is 13.2 Å². The summed E-state index contributed by atoms with van der Waals surface area (Å²) in [4.78, 5) is 24.1. The molecule has 2 atom stereocenters. The summed E-state index contributed by atoms with van der Waals surface area (Å²) >= 11 is 0. The van der Waals surface area contributed by atoms with Gasteiger partial charge in [-0.05, 0) is 27.3 Å². The minimum absolute atomic E-state index is 0.111. The summed E-state index contributed by atoms with van der Waals surface area (Å²) in [6.45, 7) is 4.92. The molecule has 0 heterocycles. The normalized spacial score (nSPS) is 16.2. The number of hydrogen-bond acceptors (Lipinski definition) is 3. The van der Waals surface area contributed by atoms with E-state index in [1.54, 1.807) is 0 Å². The molecule has 6 nitrogen and oxygen atoms in total. The monoisotopic (exact) mass is 313 g/mol. The number of alkyl halides is 3. The van der Waals surface area contributed by atoms with Crippen molar-refractivity contribution in [1.29, 1.82) is 0 Å². The van der Waals surface area contributed by atoms with Crippen molar-refractivity contribution in [3.63, 3.8) is 0 Å². The van der Waals surface area contributed by atoms with E-state index in [2.05, 4.69) is 5.32 Å². The molecule has 9 heteroatoms. The number of nitrogens with one attached hydrogen (secondary N) is 2. The molecule has 2 unspecified atom stereocenters. The van der Waals surface area contributed by atoms with Gasteiger partial charge in [0.25, 0.3) is 0 Å². The summed E-state index contributed by atoms with van der Waals surface area (Å²) in [5, 5.41) is 12.3. The van der Waals surface area contributed by atoms with Crippen molar-refractivity contribution in [2.24, 2.45) is 0 Å². The number of urea groups is 1. The fourth-order valence-corrected chi connectivity index (χ4v) is 1.39.